The molecular weight excluding hydrogens is 605 g/mol. The number of fused-ring (bicyclic) bond motifs is 6. The van der Waals surface area contributed by atoms with Crippen LogP contribution in [0.15, 0.2) is 169 Å². The Balaban J connectivity index is 0.969. The zero-order valence-corrected chi connectivity index (χ0v) is 28.2. The van der Waals surface area contributed by atoms with Gasteiger partial charge in [-0.1, -0.05) is 140 Å². The fourth-order valence-corrected chi connectivity index (χ4v) is 9.07. The molecule has 4 atom stereocenters. The Bertz CT molecular complexity index is 2340. The van der Waals surface area contributed by atoms with Crippen molar-refractivity contribution < 1.29 is 0 Å². The van der Waals surface area contributed by atoms with Crippen LogP contribution in [0.3, 0.4) is 0 Å². The van der Waals surface area contributed by atoms with Crippen LogP contribution in [0.1, 0.15) is 59.2 Å². The lowest BCUT2D eigenvalue weighted by molar-refractivity contribution is 0.617. The fraction of sp³-hybridized carbons (Fsp3) is 0.167. The maximum atomic E-state index is 2.59. The van der Waals surface area contributed by atoms with E-state index in [4.69, 9.17) is 0 Å². The SMILES string of the molecule is C1=CCCC(c2ccc(N3c4ccccc4C4C=CC(C5C=Cc6c(c7ccccc7n6C6C=CC(c7ccccc7)=CC6)C5)=CC43)cc2)=C1. The summed E-state index contributed by atoms with van der Waals surface area (Å²) in [7, 11) is 0. The minimum absolute atomic E-state index is 0.254. The quantitative estimate of drug-likeness (QED) is 0.185. The van der Waals surface area contributed by atoms with Gasteiger partial charge in [-0.25, -0.2) is 0 Å². The Morgan fingerprint density at radius 1 is 0.700 bits per heavy atom. The molecule has 1 aromatic heterocycles. The molecule has 0 saturated carbocycles. The van der Waals surface area contributed by atoms with Crippen LogP contribution in [0.25, 0.3) is 28.1 Å². The molecule has 10 rings (SSSR count). The Hall–Kier alpha value is -5.60. The summed E-state index contributed by atoms with van der Waals surface area (Å²) in [5.74, 6) is 0.683. The van der Waals surface area contributed by atoms with Gasteiger partial charge in [-0.3, -0.25) is 0 Å². The van der Waals surface area contributed by atoms with Gasteiger partial charge >= 0.3 is 0 Å². The summed E-state index contributed by atoms with van der Waals surface area (Å²) in [4.78, 5) is 2.58. The third-order valence-corrected chi connectivity index (χ3v) is 11.5. The second-order valence-corrected chi connectivity index (χ2v) is 14.3. The molecule has 5 aliphatic rings. The molecule has 4 aromatic carbocycles. The third-order valence-electron chi connectivity index (χ3n) is 11.5. The Labute approximate surface area is 295 Å². The van der Waals surface area contributed by atoms with Gasteiger partial charge in [0.25, 0.3) is 0 Å². The van der Waals surface area contributed by atoms with Crippen molar-refractivity contribution >= 4 is 39.5 Å². The van der Waals surface area contributed by atoms with Gasteiger partial charge in [0, 0.05) is 39.8 Å². The van der Waals surface area contributed by atoms with Crippen LogP contribution < -0.4 is 4.90 Å². The van der Waals surface area contributed by atoms with Crippen LogP contribution in [0.5, 0.6) is 0 Å². The smallest absolute Gasteiger partial charge is 0.0632 e. The molecule has 4 unspecified atom stereocenters. The standard InChI is InChI=1S/C48H40N2/c1-3-11-33(12-4-1)35-19-25-39(26-20-35)49-46-18-10-8-16-42(46)44-31-37(24-30-47(44)49)38-23-29-43-41-15-7-9-17-45(41)50(48(43)32-38)40-27-21-36(22-28-40)34-13-5-2-6-14-34/h1-5,7-13,15-25,27-30,32,37,39,43,48H,6,14,26,31H2. The number of rotatable bonds is 5. The first kappa shape index (κ1) is 29.3. The summed E-state index contributed by atoms with van der Waals surface area (Å²) < 4.78 is 2.59. The van der Waals surface area contributed by atoms with E-state index < -0.39 is 0 Å². The topological polar surface area (TPSA) is 8.17 Å². The Morgan fingerprint density at radius 2 is 1.54 bits per heavy atom. The molecule has 2 heterocycles. The minimum Gasteiger partial charge on any atom is -0.333 e. The lowest BCUT2D eigenvalue weighted by atomic mass is 9.80. The highest BCUT2D eigenvalue weighted by Gasteiger charge is 2.39. The van der Waals surface area contributed by atoms with Crippen LogP contribution >= 0.6 is 0 Å². The predicted octanol–water partition coefficient (Wildman–Crippen LogP) is 11.9. The first-order chi connectivity index (χ1) is 24.8. The highest BCUT2D eigenvalue weighted by Crippen LogP contribution is 2.49. The molecule has 4 aliphatic carbocycles. The summed E-state index contributed by atoms with van der Waals surface area (Å²) in [5, 5.41) is 1.39. The van der Waals surface area contributed by atoms with E-state index in [0.717, 1.165) is 25.7 Å². The van der Waals surface area contributed by atoms with Crippen LogP contribution in [-0.4, -0.2) is 10.6 Å². The van der Waals surface area contributed by atoms with Crippen molar-refractivity contribution in [3.8, 4) is 0 Å². The van der Waals surface area contributed by atoms with Gasteiger partial charge in [0.05, 0.1) is 12.1 Å². The van der Waals surface area contributed by atoms with E-state index in [2.05, 4.69) is 179 Å². The van der Waals surface area contributed by atoms with Gasteiger partial charge in [0.2, 0.25) is 0 Å². The molecule has 1 aliphatic heterocycles. The van der Waals surface area contributed by atoms with Gasteiger partial charge in [0.1, 0.15) is 0 Å². The number of para-hydroxylation sites is 2. The normalized spacial score (nSPS) is 23.3. The molecule has 5 aromatic rings. The summed E-state index contributed by atoms with van der Waals surface area (Å²) in [6, 6.07) is 38.6. The van der Waals surface area contributed by atoms with Crippen molar-refractivity contribution in [2.45, 2.75) is 43.7 Å². The molecular formula is C48H40N2. The molecule has 0 saturated heterocycles. The summed E-state index contributed by atoms with van der Waals surface area (Å²) >= 11 is 0. The zero-order valence-electron chi connectivity index (χ0n) is 28.2. The number of benzene rings is 4. The predicted molar refractivity (Wildman–Crippen MR) is 211 cm³/mol. The number of nitrogens with zero attached hydrogens (tertiary/aromatic N) is 2. The largest absolute Gasteiger partial charge is 0.333 e. The summed E-state index contributed by atoms with van der Waals surface area (Å²) in [6.45, 7) is 0. The van der Waals surface area contributed by atoms with E-state index in [1.54, 1.807) is 0 Å². The number of allylic oxidation sites excluding steroid dienone is 11. The average molecular weight is 645 g/mol. The molecule has 0 spiro atoms. The molecule has 0 fully saturated rings. The molecule has 0 radical (unpaired) electrons. The Morgan fingerprint density at radius 3 is 2.38 bits per heavy atom. The second-order valence-electron chi connectivity index (χ2n) is 14.3. The lowest BCUT2D eigenvalue weighted by Gasteiger charge is -2.32. The van der Waals surface area contributed by atoms with Gasteiger partial charge in [-0.15, -0.1) is 0 Å². The number of anilines is 2. The zero-order chi connectivity index (χ0) is 33.0. The molecule has 2 heteroatoms. The minimum atomic E-state index is 0.254. The van der Waals surface area contributed by atoms with E-state index in [0.29, 0.717) is 17.9 Å². The number of hydrogen-bond donors (Lipinski definition) is 0. The van der Waals surface area contributed by atoms with Crippen molar-refractivity contribution in [2.75, 3.05) is 4.90 Å². The fourth-order valence-electron chi connectivity index (χ4n) is 9.07. The van der Waals surface area contributed by atoms with Crippen molar-refractivity contribution in [1.29, 1.82) is 0 Å². The van der Waals surface area contributed by atoms with Crippen LogP contribution in [-0.2, 0) is 6.42 Å². The first-order valence-electron chi connectivity index (χ1n) is 18.3. The number of aromatic nitrogens is 1. The molecule has 242 valence electrons. The second kappa shape index (κ2) is 12.1. The van der Waals surface area contributed by atoms with Crippen LogP contribution in [0.4, 0.5) is 11.4 Å². The van der Waals surface area contributed by atoms with Gasteiger partial charge < -0.3 is 9.47 Å². The lowest BCUT2D eigenvalue weighted by Crippen LogP contribution is -2.30. The van der Waals surface area contributed by atoms with E-state index in [1.807, 2.05) is 0 Å². The van der Waals surface area contributed by atoms with Crippen molar-refractivity contribution in [2.24, 2.45) is 5.92 Å². The average Bonchev–Trinajstić information content (AvgIpc) is 3.71. The molecule has 0 bridgehead atoms. The van der Waals surface area contributed by atoms with Crippen LogP contribution in [0, 0.1) is 5.92 Å². The summed E-state index contributed by atoms with van der Waals surface area (Å²) in [5.41, 5.74) is 15.0. The van der Waals surface area contributed by atoms with Crippen molar-refractivity contribution in [3.63, 3.8) is 0 Å². The van der Waals surface area contributed by atoms with E-state index in [1.165, 1.54) is 66.9 Å². The van der Waals surface area contributed by atoms with Crippen LogP contribution in [0.2, 0.25) is 0 Å². The van der Waals surface area contributed by atoms with E-state index in [-0.39, 0.29) is 6.04 Å². The van der Waals surface area contributed by atoms with Crippen molar-refractivity contribution in [1.82, 2.24) is 4.57 Å². The van der Waals surface area contributed by atoms with E-state index in [9.17, 15) is 0 Å². The van der Waals surface area contributed by atoms with Crippen molar-refractivity contribution in [3.05, 3.63) is 197 Å². The maximum absolute atomic E-state index is 2.59. The molecule has 0 N–H and O–H groups in total. The highest BCUT2D eigenvalue weighted by molar-refractivity contribution is 5.90. The maximum Gasteiger partial charge on any atom is 0.0632 e. The van der Waals surface area contributed by atoms with E-state index >= 15 is 0 Å². The third kappa shape index (κ3) is 4.85. The monoisotopic (exact) mass is 644 g/mol. The van der Waals surface area contributed by atoms with Gasteiger partial charge in [-0.2, -0.15) is 0 Å². The summed E-state index contributed by atoms with van der Waals surface area (Å²) in [6.07, 6.45) is 30.5. The Kier molecular flexibility index (Phi) is 7.08. The first-order valence-corrected chi connectivity index (χ1v) is 18.3. The van der Waals surface area contributed by atoms with Gasteiger partial charge in [0.15, 0.2) is 0 Å². The molecule has 2 nitrogen and oxygen atoms in total. The number of hydrogen-bond acceptors (Lipinski definition) is 1. The molecule has 0 amide bonds. The molecule has 50 heavy (non-hydrogen) atoms. The van der Waals surface area contributed by atoms with Gasteiger partial charge in [-0.05, 0) is 95.0 Å². The highest BCUT2D eigenvalue weighted by atomic mass is 15.2.